The maximum Gasteiger partial charge on any atom is 0.412 e. The fourth-order valence-corrected chi connectivity index (χ4v) is 3.15. The Bertz CT molecular complexity index is 1370. The number of nitrogens with zero attached hydrogens (tertiary/aromatic N) is 4. The van der Waals surface area contributed by atoms with E-state index in [0.29, 0.717) is 33.8 Å². The average molecular weight is 515 g/mol. The molecule has 37 heavy (non-hydrogen) atoms. The average Bonchev–Trinajstić information content (AvgIpc) is 3.10. The van der Waals surface area contributed by atoms with E-state index < -0.39 is 24.1 Å². The van der Waals surface area contributed by atoms with Gasteiger partial charge in [-0.15, -0.1) is 0 Å². The van der Waals surface area contributed by atoms with Crippen LogP contribution in [-0.4, -0.2) is 46.2 Å². The molecule has 1 amide bonds. The molecule has 2 aromatic heterocycles. The van der Waals surface area contributed by atoms with Gasteiger partial charge in [-0.05, 0) is 38.0 Å². The summed E-state index contributed by atoms with van der Waals surface area (Å²) in [6.07, 6.45) is 4.52. The fourth-order valence-electron chi connectivity index (χ4n) is 3.15. The Hall–Kier alpha value is -4.48. The second-order valence-corrected chi connectivity index (χ2v) is 7.82. The van der Waals surface area contributed by atoms with Crippen LogP contribution in [0.3, 0.4) is 0 Å². The minimum atomic E-state index is -4.50. The summed E-state index contributed by atoms with van der Waals surface area (Å²) in [5.74, 6) is -0.155. The Balaban J connectivity index is 1.71. The Morgan fingerprint density at radius 2 is 1.86 bits per heavy atom. The summed E-state index contributed by atoms with van der Waals surface area (Å²) in [5.41, 5.74) is 1.87. The number of ether oxygens (including phenoxy) is 2. The standard InChI is InChI=1S/C25H25F3N6O3/c1-14(16(3)33-22-21-19(30-13-31-22)12-29-24(34-21)37-5)6-7-15(2)32-23(35)18-10-8-17(25(26,27)28)9-11-20(18)36-4/h6-7,9-13H,3,8H2,1-2,4-5H3,(H,32,35)(H,30,31,33)/b14-6-,15-7+. The maximum atomic E-state index is 13.1. The number of hydrogen-bond donors (Lipinski definition) is 2. The van der Waals surface area contributed by atoms with E-state index in [2.05, 4.69) is 37.1 Å². The largest absolute Gasteiger partial charge is 0.496 e. The molecule has 3 rings (SSSR count). The molecular weight excluding hydrogens is 489 g/mol. The maximum absolute atomic E-state index is 13.1. The summed E-state index contributed by atoms with van der Waals surface area (Å²) in [5, 5.41) is 5.74. The Labute approximate surface area is 211 Å². The number of nitrogens with one attached hydrogen (secondary N) is 2. The number of rotatable bonds is 8. The molecule has 9 nitrogen and oxygen atoms in total. The third-order valence-corrected chi connectivity index (χ3v) is 5.23. The molecule has 2 heterocycles. The molecule has 2 aromatic rings. The van der Waals surface area contributed by atoms with Crippen molar-refractivity contribution >= 4 is 22.8 Å². The molecule has 194 valence electrons. The number of alkyl halides is 3. The van der Waals surface area contributed by atoms with E-state index in [1.165, 1.54) is 32.8 Å². The minimum absolute atomic E-state index is 0.00517. The van der Waals surface area contributed by atoms with Gasteiger partial charge in [0.05, 0.1) is 26.0 Å². The Morgan fingerprint density at radius 1 is 1.11 bits per heavy atom. The van der Waals surface area contributed by atoms with Crippen LogP contribution in [0.4, 0.5) is 19.0 Å². The Morgan fingerprint density at radius 3 is 2.54 bits per heavy atom. The van der Waals surface area contributed by atoms with Crippen LogP contribution in [0.15, 0.2) is 83.4 Å². The zero-order valence-electron chi connectivity index (χ0n) is 20.6. The van der Waals surface area contributed by atoms with Gasteiger partial charge < -0.3 is 20.1 Å². The van der Waals surface area contributed by atoms with E-state index in [4.69, 9.17) is 9.47 Å². The molecule has 0 aliphatic heterocycles. The van der Waals surface area contributed by atoms with Gasteiger partial charge in [0.25, 0.3) is 5.91 Å². The topological polar surface area (TPSA) is 111 Å². The van der Waals surface area contributed by atoms with Gasteiger partial charge in [0, 0.05) is 17.0 Å². The lowest BCUT2D eigenvalue weighted by Crippen LogP contribution is -2.24. The number of amides is 1. The molecule has 0 atom stereocenters. The van der Waals surface area contributed by atoms with Crippen LogP contribution < -0.4 is 15.4 Å². The number of halogens is 3. The molecule has 0 spiro atoms. The zero-order valence-corrected chi connectivity index (χ0v) is 20.6. The predicted molar refractivity (Wildman–Crippen MR) is 132 cm³/mol. The molecule has 1 aliphatic rings. The smallest absolute Gasteiger partial charge is 0.412 e. The summed E-state index contributed by atoms with van der Waals surface area (Å²) in [4.78, 5) is 29.4. The summed E-state index contributed by atoms with van der Waals surface area (Å²) >= 11 is 0. The van der Waals surface area contributed by atoms with Gasteiger partial charge in [0.15, 0.2) is 5.82 Å². The van der Waals surface area contributed by atoms with Crippen molar-refractivity contribution in [3.8, 4) is 6.01 Å². The third kappa shape index (κ3) is 6.81. The van der Waals surface area contributed by atoms with Crippen LogP contribution in [0.5, 0.6) is 6.01 Å². The van der Waals surface area contributed by atoms with Crippen molar-refractivity contribution in [3.05, 3.63) is 83.4 Å². The first kappa shape index (κ1) is 27.1. The van der Waals surface area contributed by atoms with Gasteiger partial charge in [-0.1, -0.05) is 24.8 Å². The molecular formula is C25H25F3N6O3. The highest BCUT2D eigenvalue weighted by molar-refractivity contribution is 5.98. The molecule has 0 aromatic carbocycles. The summed E-state index contributed by atoms with van der Waals surface area (Å²) in [6.45, 7) is 7.45. The highest BCUT2D eigenvalue weighted by atomic mass is 19.4. The van der Waals surface area contributed by atoms with Crippen molar-refractivity contribution < 1.29 is 27.4 Å². The number of hydrogen-bond acceptors (Lipinski definition) is 8. The number of carbonyl (C=O) groups excluding carboxylic acids is 1. The van der Waals surface area contributed by atoms with Crippen LogP contribution in [0.25, 0.3) is 11.0 Å². The van der Waals surface area contributed by atoms with E-state index in [-0.39, 0.29) is 17.3 Å². The molecule has 0 unspecified atom stereocenters. The molecule has 0 saturated heterocycles. The number of fused-ring (bicyclic) bond motifs is 1. The molecule has 0 bridgehead atoms. The van der Waals surface area contributed by atoms with Gasteiger partial charge in [-0.2, -0.15) is 18.2 Å². The lowest BCUT2D eigenvalue weighted by molar-refractivity contribution is -0.117. The van der Waals surface area contributed by atoms with E-state index in [9.17, 15) is 18.0 Å². The lowest BCUT2D eigenvalue weighted by Gasteiger charge is -2.12. The monoisotopic (exact) mass is 514 g/mol. The molecule has 2 N–H and O–H groups in total. The number of methoxy groups -OCH3 is 2. The third-order valence-electron chi connectivity index (χ3n) is 5.23. The summed E-state index contributed by atoms with van der Waals surface area (Å²) in [7, 11) is 2.74. The van der Waals surface area contributed by atoms with Gasteiger partial charge in [-0.25, -0.2) is 15.0 Å². The van der Waals surface area contributed by atoms with Crippen LogP contribution >= 0.6 is 0 Å². The highest BCUT2D eigenvalue weighted by Gasteiger charge is 2.33. The van der Waals surface area contributed by atoms with Crippen LogP contribution in [0.2, 0.25) is 0 Å². The number of carbonyl (C=O) groups is 1. The van der Waals surface area contributed by atoms with E-state index in [1.807, 2.05) is 0 Å². The fraction of sp³-hybridized carbons (Fsp3) is 0.240. The zero-order chi connectivity index (χ0) is 27.2. The van der Waals surface area contributed by atoms with Crippen LogP contribution in [-0.2, 0) is 9.53 Å². The second kappa shape index (κ2) is 11.5. The van der Waals surface area contributed by atoms with Crippen molar-refractivity contribution in [3.63, 3.8) is 0 Å². The summed E-state index contributed by atoms with van der Waals surface area (Å²) < 4.78 is 49.4. The van der Waals surface area contributed by atoms with Crippen molar-refractivity contribution in [1.82, 2.24) is 25.3 Å². The van der Waals surface area contributed by atoms with E-state index in [0.717, 1.165) is 12.2 Å². The van der Waals surface area contributed by atoms with Gasteiger partial charge >= 0.3 is 12.2 Å². The van der Waals surface area contributed by atoms with E-state index in [1.54, 1.807) is 26.0 Å². The first-order valence-electron chi connectivity index (χ1n) is 10.9. The molecule has 0 saturated carbocycles. The Kier molecular flexibility index (Phi) is 8.43. The van der Waals surface area contributed by atoms with Gasteiger partial charge in [0.2, 0.25) is 0 Å². The normalized spacial score (nSPS) is 14.7. The first-order chi connectivity index (χ1) is 17.5. The van der Waals surface area contributed by atoms with Gasteiger partial charge in [-0.3, -0.25) is 4.79 Å². The quantitative estimate of drug-likeness (QED) is 0.489. The molecule has 0 fully saturated rings. The van der Waals surface area contributed by atoms with E-state index >= 15 is 0 Å². The lowest BCUT2D eigenvalue weighted by atomic mass is 10.1. The molecule has 1 aliphatic carbocycles. The summed E-state index contributed by atoms with van der Waals surface area (Å²) in [6, 6.07) is 0.165. The number of aromatic nitrogens is 4. The highest BCUT2D eigenvalue weighted by Crippen LogP contribution is 2.31. The van der Waals surface area contributed by atoms with Crippen molar-refractivity contribution in [2.45, 2.75) is 26.4 Å². The van der Waals surface area contributed by atoms with Crippen LogP contribution in [0, 0.1) is 0 Å². The predicted octanol–water partition coefficient (Wildman–Crippen LogP) is 4.67. The minimum Gasteiger partial charge on any atom is -0.496 e. The van der Waals surface area contributed by atoms with Crippen molar-refractivity contribution in [1.29, 1.82) is 0 Å². The molecule has 12 heteroatoms. The second-order valence-electron chi connectivity index (χ2n) is 7.82. The van der Waals surface area contributed by atoms with Crippen LogP contribution in [0.1, 0.15) is 20.3 Å². The number of allylic oxidation sites excluding steroid dienone is 8. The SMILES string of the molecule is C=C(Nc1ncnc2cnc(OC)nc12)/C(C)=C\C=C(/C)NC(=O)C1=CCC(C(F)(F)F)=CC=C1OC. The van der Waals surface area contributed by atoms with Crippen molar-refractivity contribution in [2.24, 2.45) is 0 Å². The van der Waals surface area contributed by atoms with Crippen molar-refractivity contribution in [2.75, 3.05) is 19.5 Å². The molecule has 0 radical (unpaired) electrons. The number of anilines is 1. The van der Waals surface area contributed by atoms with Gasteiger partial charge in [0.1, 0.15) is 23.1 Å². The first-order valence-corrected chi connectivity index (χ1v) is 10.9.